The summed E-state index contributed by atoms with van der Waals surface area (Å²) in [7, 11) is 0. The lowest BCUT2D eigenvalue weighted by atomic mass is 10.1. The Bertz CT molecular complexity index is 871. The lowest BCUT2D eigenvalue weighted by Gasteiger charge is -2.07. The summed E-state index contributed by atoms with van der Waals surface area (Å²) in [6.45, 7) is 4.02. The van der Waals surface area contributed by atoms with Crippen LogP contribution in [0.5, 0.6) is 0 Å². The minimum absolute atomic E-state index is 0.0318. The normalized spacial score (nSPS) is 11.0. The van der Waals surface area contributed by atoms with Crippen molar-refractivity contribution in [1.29, 1.82) is 0 Å². The van der Waals surface area contributed by atoms with Crippen LogP contribution in [0.2, 0.25) is 5.02 Å². The van der Waals surface area contributed by atoms with Gasteiger partial charge in [0, 0.05) is 17.1 Å². The lowest BCUT2D eigenvalue weighted by Crippen LogP contribution is -2.11. The number of carbonyl (C=O) groups excluding carboxylic acids is 1. The van der Waals surface area contributed by atoms with Crippen molar-refractivity contribution in [3.63, 3.8) is 0 Å². The first-order valence-corrected chi connectivity index (χ1v) is 8.38. The Morgan fingerprint density at radius 2 is 1.83 bits per heavy atom. The topological polar surface area (TPSA) is 59.8 Å². The number of anilines is 1. The molecule has 0 unspecified atom stereocenters. The molecule has 1 amide bonds. The quantitative estimate of drug-likeness (QED) is 0.742. The number of rotatable bonds is 5. The molecular formula is C18H19ClN4O. The molecule has 5 nitrogen and oxygen atoms in total. The summed E-state index contributed by atoms with van der Waals surface area (Å²) in [5, 5.41) is 12.6. The van der Waals surface area contributed by atoms with Gasteiger partial charge in [0.25, 0.3) is 0 Å². The number of aryl methyl sites for hydroxylation is 1. The fraction of sp³-hybridized carbons (Fsp3) is 0.278. The molecule has 0 saturated heterocycles. The molecule has 0 aliphatic heterocycles. The number of hydrogen-bond donors (Lipinski definition) is 1. The molecule has 1 heterocycles. The van der Waals surface area contributed by atoms with Crippen molar-refractivity contribution in [2.24, 2.45) is 0 Å². The van der Waals surface area contributed by atoms with E-state index in [0.717, 1.165) is 40.8 Å². The highest BCUT2D eigenvalue weighted by Gasteiger charge is 2.10. The van der Waals surface area contributed by atoms with Crippen molar-refractivity contribution in [3.8, 4) is 5.69 Å². The van der Waals surface area contributed by atoms with Crippen LogP contribution in [-0.2, 0) is 4.79 Å². The number of benzene rings is 2. The number of nitrogens with one attached hydrogen (secondary N) is 1. The number of unbranched alkanes of at least 4 members (excludes halogenated alkanes) is 1. The zero-order valence-electron chi connectivity index (χ0n) is 13.7. The van der Waals surface area contributed by atoms with Gasteiger partial charge in [0.15, 0.2) is 0 Å². The van der Waals surface area contributed by atoms with Crippen LogP contribution in [-0.4, -0.2) is 20.9 Å². The number of fused-ring (bicyclic) bond motifs is 1. The highest BCUT2D eigenvalue weighted by Crippen LogP contribution is 2.23. The van der Waals surface area contributed by atoms with E-state index in [2.05, 4.69) is 22.4 Å². The molecular weight excluding hydrogens is 324 g/mol. The summed E-state index contributed by atoms with van der Waals surface area (Å²) in [6.07, 6.45) is 2.42. The van der Waals surface area contributed by atoms with Crippen LogP contribution in [0.1, 0.15) is 31.7 Å². The van der Waals surface area contributed by atoms with E-state index >= 15 is 0 Å². The van der Waals surface area contributed by atoms with Crippen LogP contribution in [0.15, 0.2) is 36.4 Å². The van der Waals surface area contributed by atoms with E-state index in [4.69, 9.17) is 11.6 Å². The molecule has 0 radical (unpaired) electrons. The summed E-state index contributed by atoms with van der Waals surface area (Å²) < 4.78 is 0. The van der Waals surface area contributed by atoms with Crippen molar-refractivity contribution in [2.45, 2.75) is 33.1 Å². The van der Waals surface area contributed by atoms with Crippen LogP contribution < -0.4 is 5.32 Å². The average molecular weight is 343 g/mol. The van der Waals surface area contributed by atoms with E-state index in [9.17, 15) is 4.79 Å². The van der Waals surface area contributed by atoms with Gasteiger partial charge in [0.2, 0.25) is 5.91 Å². The SMILES string of the molecule is CCCCC(=O)Nc1cc2nn(-c3ccc(Cl)cc3)nc2cc1C. The first-order valence-electron chi connectivity index (χ1n) is 8.00. The van der Waals surface area contributed by atoms with Gasteiger partial charge in [-0.25, -0.2) is 0 Å². The van der Waals surface area contributed by atoms with Gasteiger partial charge in [-0.15, -0.1) is 10.2 Å². The summed E-state index contributed by atoms with van der Waals surface area (Å²) in [5.74, 6) is 0.0318. The Hall–Kier alpha value is -2.40. The van der Waals surface area contributed by atoms with E-state index in [1.807, 2.05) is 31.2 Å². The zero-order chi connectivity index (χ0) is 17.1. The Kier molecular flexibility index (Phi) is 4.81. The Morgan fingerprint density at radius 1 is 1.17 bits per heavy atom. The smallest absolute Gasteiger partial charge is 0.224 e. The maximum Gasteiger partial charge on any atom is 0.224 e. The molecule has 0 aliphatic carbocycles. The Balaban J connectivity index is 1.90. The van der Waals surface area contributed by atoms with Gasteiger partial charge >= 0.3 is 0 Å². The average Bonchev–Trinajstić information content (AvgIpc) is 2.96. The minimum Gasteiger partial charge on any atom is -0.326 e. The highest BCUT2D eigenvalue weighted by molar-refractivity contribution is 6.30. The van der Waals surface area contributed by atoms with Crippen LogP contribution in [0.25, 0.3) is 16.7 Å². The predicted octanol–water partition coefficient (Wildman–Crippen LogP) is 4.51. The zero-order valence-corrected chi connectivity index (χ0v) is 14.5. The maximum atomic E-state index is 12.0. The van der Waals surface area contributed by atoms with E-state index in [0.29, 0.717) is 11.4 Å². The number of amides is 1. The van der Waals surface area contributed by atoms with E-state index in [-0.39, 0.29) is 5.91 Å². The molecule has 3 aromatic rings. The van der Waals surface area contributed by atoms with Gasteiger partial charge in [-0.1, -0.05) is 24.9 Å². The van der Waals surface area contributed by atoms with Crippen molar-refractivity contribution < 1.29 is 4.79 Å². The van der Waals surface area contributed by atoms with Crippen LogP contribution >= 0.6 is 11.6 Å². The second-order valence-corrected chi connectivity index (χ2v) is 6.21. The fourth-order valence-corrected chi connectivity index (χ4v) is 2.57. The summed E-state index contributed by atoms with van der Waals surface area (Å²) in [4.78, 5) is 13.5. The molecule has 0 saturated carbocycles. The molecule has 0 atom stereocenters. The van der Waals surface area contributed by atoms with Crippen LogP contribution in [0, 0.1) is 6.92 Å². The van der Waals surface area contributed by atoms with Gasteiger partial charge in [0.05, 0.1) is 5.69 Å². The standard InChI is InChI=1S/C18H19ClN4O/c1-3-4-5-18(24)20-15-11-17-16(10-12(15)2)21-23(22-17)14-8-6-13(19)7-9-14/h6-11H,3-5H2,1-2H3,(H,20,24). The third kappa shape index (κ3) is 3.57. The predicted molar refractivity (Wildman–Crippen MR) is 96.8 cm³/mol. The number of hydrogen-bond acceptors (Lipinski definition) is 3. The third-order valence-electron chi connectivity index (χ3n) is 3.82. The number of carbonyl (C=O) groups is 1. The summed E-state index contributed by atoms with van der Waals surface area (Å²) >= 11 is 5.91. The number of nitrogens with zero attached hydrogens (tertiary/aromatic N) is 3. The molecule has 3 rings (SSSR count). The van der Waals surface area contributed by atoms with Gasteiger partial charge in [-0.2, -0.15) is 4.80 Å². The van der Waals surface area contributed by atoms with Gasteiger partial charge in [-0.3, -0.25) is 4.79 Å². The maximum absolute atomic E-state index is 12.0. The molecule has 24 heavy (non-hydrogen) atoms. The second-order valence-electron chi connectivity index (χ2n) is 5.77. The molecule has 2 aromatic carbocycles. The fourth-order valence-electron chi connectivity index (χ4n) is 2.44. The van der Waals surface area contributed by atoms with E-state index in [1.54, 1.807) is 16.9 Å². The molecule has 6 heteroatoms. The summed E-state index contributed by atoms with van der Waals surface area (Å²) in [5.41, 5.74) is 4.11. The molecule has 1 aromatic heterocycles. The molecule has 0 aliphatic rings. The Labute approximate surface area is 145 Å². The van der Waals surface area contributed by atoms with Crippen molar-refractivity contribution in [2.75, 3.05) is 5.32 Å². The van der Waals surface area contributed by atoms with Crippen LogP contribution in [0.4, 0.5) is 5.69 Å². The third-order valence-corrected chi connectivity index (χ3v) is 4.07. The molecule has 1 N–H and O–H groups in total. The summed E-state index contributed by atoms with van der Waals surface area (Å²) in [6, 6.07) is 11.1. The van der Waals surface area contributed by atoms with Gasteiger partial charge < -0.3 is 5.32 Å². The van der Waals surface area contributed by atoms with E-state index in [1.165, 1.54) is 0 Å². The molecule has 0 fully saturated rings. The van der Waals surface area contributed by atoms with Gasteiger partial charge in [-0.05, 0) is 55.3 Å². The number of halogens is 1. The Morgan fingerprint density at radius 3 is 2.50 bits per heavy atom. The first kappa shape index (κ1) is 16.5. The highest BCUT2D eigenvalue weighted by atomic mass is 35.5. The van der Waals surface area contributed by atoms with Crippen molar-refractivity contribution in [3.05, 3.63) is 47.0 Å². The number of aromatic nitrogens is 3. The lowest BCUT2D eigenvalue weighted by molar-refractivity contribution is -0.116. The van der Waals surface area contributed by atoms with Gasteiger partial charge in [0.1, 0.15) is 11.0 Å². The molecule has 0 bridgehead atoms. The van der Waals surface area contributed by atoms with Crippen molar-refractivity contribution >= 4 is 34.2 Å². The minimum atomic E-state index is 0.0318. The van der Waals surface area contributed by atoms with Crippen LogP contribution in [0.3, 0.4) is 0 Å². The largest absolute Gasteiger partial charge is 0.326 e. The van der Waals surface area contributed by atoms with Crippen molar-refractivity contribution in [1.82, 2.24) is 15.0 Å². The molecule has 124 valence electrons. The van der Waals surface area contributed by atoms with E-state index < -0.39 is 0 Å². The second kappa shape index (κ2) is 7.01. The molecule has 0 spiro atoms. The first-order chi connectivity index (χ1) is 11.6. The monoisotopic (exact) mass is 342 g/mol.